The first-order valence-electron chi connectivity index (χ1n) is 6.49. The van der Waals surface area contributed by atoms with Gasteiger partial charge in [0, 0.05) is 0 Å². The van der Waals surface area contributed by atoms with Crippen molar-refractivity contribution in [3.8, 4) is 0 Å². The molecule has 0 atom stereocenters. The molecule has 0 aliphatic heterocycles. The zero-order chi connectivity index (χ0) is 15.5. The number of carboxylic acids is 1. The number of sulfone groups is 1. The van der Waals surface area contributed by atoms with E-state index in [0.29, 0.717) is 5.56 Å². The molecule has 5 heteroatoms. The molecular formula is C14H24O4S. The number of benzene rings is 1. The normalized spacial score (nSPS) is 9.53. The molecule has 0 amide bonds. The molecule has 110 valence electrons. The monoisotopic (exact) mass is 288 g/mol. The summed E-state index contributed by atoms with van der Waals surface area (Å²) in [6.07, 6.45) is -0.0908. The predicted octanol–water partition coefficient (Wildman–Crippen LogP) is 3.16. The predicted molar refractivity (Wildman–Crippen MR) is 78.2 cm³/mol. The van der Waals surface area contributed by atoms with Crippen molar-refractivity contribution in [1.82, 2.24) is 0 Å². The Morgan fingerprint density at radius 3 is 1.79 bits per heavy atom. The van der Waals surface area contributed by atoms with Crippen LogP contribution in [0.4, 0.5) is 0 Å². The van der Waals surface area contributed by atoms with E-state index in [4.69, 9.17) is 5.11 Å². The van der Waals surface area contributed by atoms with Crippen LogP contribution in [0.3, 0.4) is 0 Å². The molecule has 0 heterocycles. The minimum atomic E-state index is -3.19. The molecule has 0 aliphatic rings. The maximum atomic E-state index is 11.4. The van der Waals surface area contributed by atoms with E-state index in [1.807, 2.05) is 27.7 Å². The minimum Gasteiger partial charge on any atom is -0.481 e. The van der Waals surface area contributed by atoms with Crippen molar-refractivity contribution >= 4 is 15.8 Å². The summed E-state index contributed by atoms with van der Waals surface area (Å²) in [4.78, 5) is 10.6. The minimum absolute atomic E-state index is 0.0469. The summed E-state index contributed by atoms with van der Waals surface area (Å²) < 4.78 is 22.8. The summed E-state index contributed by atoms with van der Waals surface area (Å²) in [6, 6.07) is 5.93. The number of aliphatic carboxylic acids is 1. The van der Waals surface area contributed by atoms with Crippen molar-refractivity contribution in [1.29, 1.82) is 0 Å². The highest BCUT2D eigenvalue weighted by Gasteiger charge is 2.11. The molecule has 1 aromatic rings. The molecule has 1 N–H and O–H groups in total. The molecule has 0 unspecified atom stereocenters. The average Bonchev–Trinajstić information content (AvgIpc) is 2.43. The maximum Gasteiger partial charge on any atom is 0.307 e. The van der Waals surface area contributed by atoms with E-state index < -0.39 is 15.8 Å². The highest BCUT2D eigenvalue weighted by atomic mass is 32.2. The fourth-order valence-electron chi connectivity index (χ4n) is 1.16. The molecule has 0 radical (unpaired) electrons. The lowest BCUT2D eigenvalue weighted by atomic mass is 10.2. The van der Waals surface area contributed by atoms with Gasteiger partial charge in [-0.25, -0.2) is 8.42 Å². The topological polar surface area (TPSA) is 71.4 Å². The van der Waals surface area contributed by atoms with E-state index in [0.717, 1.165) is 0 Å². The summed E-state index contributed by atoms with van der Waals surface area (Å²) in [5.41, 5.74) is 0.595. The standard InChI is InChI=1S/C10H12O4S.2C2H6/c1-2-15(13,14)9-5-3-8(4-6-9)7-10(11)12;2*1-2/h3-6H,2,7H2,1H3,(H,11,12);2*1-2H3. The number of hydrogen-bond donors (Lipinski definition) is 1. The first kappa shape index (κ1) is 20.0. The second kappa shape index (κ2) is 10.6. The van der Waals surface area contributed by atoms with Crippen molar-refractivity contribution in [3.63, 3.8) is 0 Å². The third-order valence-electron chi connectivity index (χ3n) is 2.02. The van der Waals surface area contributed by atoms with Gasteiger partial charge in [0.05, 0.1) is 17.1 Å². The zero-order valence-corrected chi connectivity index (χ0v) is 13.1. The average molecular weight is 288 g/mol. The van der Waals surface area contributed by atoms with Crippen LogP contribution in [0.2, 0.25) is 0 Å². The molecule has 0 spiro atoms. The van der Waals surface area contributed by atoms with Crippen LogP contribution in [0.1, 0.15) is 40.2 Å². The van der Waals surface area contributed by atoms with Crippen molar-refractivity contribution in [2.45, 2.75) is 45.9 Å². The Morgan fingerprint density at radius 1 is 1.05 bits per heavy atom. The molecule has 1 aromatic carbocycles. The fourth-order valence-corrected chi connectivity index (χ4v) is 2.04. The van der Waals surface area contributed by atoms with E-state index in [2.05, 4.69) is 0 Å². The van der Waals surface area contributed by atoms with E-state index in [1.54, 1.807) is 6.92 Å². The Balaban J connectivity index is 0. The molecule has 0 bridgehead atoms. The summed E-state index contributed by atoms with van der Waals surface area (Å²) in [6.45, 7) is 9.57. The number of hydrogen-bond acceptors (Lipinski definition) is 3. The van der Waals surface area contributed by atoms with Crippen molar-refractivity contribution in [2.75, 3.05) is 5.75 Å². The van der Waals surface area contributed by atoms with Gasteiger partial charge in [0.1, 0.15) is 0 Å². The van der Waals surface area contributed by atoms with Crippen LogP contribution in [0, 0.1) is 0 Å². The second-order valence-corrected chi connectivity index (χ2v) is 5.40. The van der Waals surface area contributed by atoms with E-state index in [-0.39, 0.29) is 17.1 Å². The van der Waals surface area contributed by atoms with Crippen LogP contribution in [0.15, 0.2) is 29.2 Å². The lowest BCUT2D eigenvalue weighted by Crippen LogP contribution is -2.04. The maximum absolute atomic E-state index is 11.4. The van der Waals surface area contributed by atoms with Crippen LogP contribution < -0.4 is 0 Å². The van der Waals surface area contributed by atoms with Gasteiger partial charge in [0.2, 0.25) is 0 Å². The molecule has 0 saturated carbocycles. The van der Waals surface area contributed by atoms with Gasteiger partial charge in [-0.3, -0.25) is 4.79 Å². The molecule has 0 aliphatic carbocycles. The first-order chi connectivity index (χ1) is 8.95. The van der Waals surface area contributed by atoms with Gasteiger partial charge in [-0.15, -0.1) is 0 Å². The highest BCUT2D eigenvalue weighted by molar-refractivity contribution is 7.91. The summed E-state index contributed by atoms with van der Waals surface area (Å²) in [5, 5.41) is 8.52. The van der Waals surface area contributed by atoms with Gasteiger partial charge in [-0.1, -0.05) is 46.8 Å². The smallest absolute Gasteiger partial charge is 0.307 e. The Hall–Kier alpha value is -1.36. The van der Waals surface area contributed by atoms with E-state index in [1.165, 1.54) is 24.3 Å². The molecule has 0 fully saturated rings. The molecule has 0 saturated heterocycles. The second-order valence-electron chi connectivity index (χ2n) is 3.12. The Kier molecular flexibility index (Phi) is 11.1. The van der Waals surface area contributed by atoms with Gasteiger partial charge < -0.3 is 5.11 Å². The summed E-state index contributed by atoms with van der Waals surface area (Å²) >= 11 is 0. The Morgan fingerprint density at radius 2 is 1.47 bits per heavy atom. The van der Waals surface area contributed by atoms with E-state index in [9.17, 15) is 13.2 Å². The Bertz CT molecular complexity index is 447. The van der Waals surface area contributed by atoms with Crippen LogP contribution >= 0.6 is 0 Å². The van der Waals surface area contributed by atoms with Gasteiger partial charge >= 0.3 is 5.97 Å². The summed E-state index contributed by atoms with van der Waals surface area (Å²) in [7, 11) is -3.19. The van der Waals surface area contributed by atoms with Gasteiger partial charge in [-0.2, -0.15) is 0 Å². The van der Waals surface area contributed by atoms with E-state index >= 15 is 0 Å². The lowest BCUT2D eigenvalue weighted by molar-refractivity contribution is -0.136. The van der Waals surface area contributed by atoms with Gasteiger partial charge in [-0.05, 0) is 17.7 Å². The molecule has 1 rings (SSSR count). The van der Waals surface area contributed by atoms with Crippen LogP contribution in [0.5, 0.6) is 0 Å². The highest BCUT2D eigenvalue weighted by Crippen LogP contribution is 2.12. The lowest BCUT2D eigenvalue weighted by Gasteiger charge is -2.02. The van der Waals surface area contributed by atoms with Crippen molar-refractivity contribution < 1.29 is 18.3 Å². The molecule has 4 nitrogen and oxygen atoms in total. The molecule has 19 heavy (non-hydrogen) atoms. The number of carbonyl (C=O) groups is 1. The van der Waals surface area contributed by atoms with Crippen molar-refractivity contribution in [3.05, 3.63) is 29.8 Å². The van der Waals surface area contributed by atoms with Crippen LogP contribution in [-0.4, -0.2) is 25.2 Å². The number of carboxylic acid groups (broad SMARTS) is 1. The van der Waals surface area contributed by atoms with Gasteiger partial charge in [0.25, 0.3) is 0 Å². The summed E-state index contributed by atoms with van der Waals surface area (Å²) in [5.74, 6) is -0.883. The third-order valence-corrected chi connectivity index (χ3v) is 3.77. The zero-order valence-electron chi connectivity index (χ0n) is 12.3. The van der Waals surface area contributed by atoms with Gasteiger partial charge in [0.15, 0.2) is 9.84 Å². The largest absolute Gasteiger partial charge is 0.481 e. The fraction of sp³-hybridized carbons (Fsp3) is 0.500. The van der Waals surface area contributed by atoms with Crippen LogP contribution in [0.25, 0.3) is 0 Å². The third kappa shape index (κ3) is 7.62. The SMILES string of the molecule is CC.CC.CCS(=O)(=O)c1ccc(CC(=O)O)cc1. The first-order valence-corrected chi connectivity index (χ1v) is 8.14. The molecule has 0 aromatic heterocycles. The number of rotatable bonds is 4. The molecular weight excluding hydrogens is 264 g/mol. The Labute approximate surface area is 116 Å². The van der Waals surface area contributed by atoms with Crippen molar-refractivity contribution in [2.24, 2.45) is 0 Å². The van der Waals surface area contributed by atoms with Crippen LogP contribution in [-0.2, 0) is 21.1 Å². The quantitative estimate of drug-likeness (QED) is 0.923.